The lowest BCUT2D eigenvalue weighted by molar-refractivity contribution is 0.435. The summed E-state index contributed by atoms with van der Waals surface area (Å²) in [6.07, 6.45) is 8.68. The van der Waals surface area contributed by atoms with E-state index in [9.17, 15) is 0 Å². The second-order valence-corrected chi connectivity index (χ2v) is 6.54. The van der Waals surface area contributed by atoms with Crippen molar-refractivity contribution in [1.82, 2.24) is 4.57 Å². The molecular weight excluding hydrogens is 266 g/mol. The summed E-state index contributed by atoms with van der Waals surface area (Å²) in [6.45, 7) is 0. The van der Waals surface area contributed by atoms with Gasteiger partial charge in [-0.25, -0.2) is 0 Å². The molecule has 3 rings (SSSR count). The molecule has 0 saturated heterocycles. The van der Waals surface area contributed by atoms with Crippen molar-refractivity contribution in [2.75, 3.05) is 5.73 Å². The zero-order valence-corrected chi connectivity index (χ0v) is 12.7. The average Bonchev–Trinajstić information content (AvgIpc) is 2.82. The van der Waals surface area contributed by atoms with E-state index in [1.807, 2.05) is 12.1 Å². The molecule has 1 aromatic heterocycles. The summed E-state index contributed by atoms with van der Waals surface area (Å²) < 4.78 is 2.14. The number of nitrogen functional groups attached to an aromatic ring is 1. The van der Waals surface area contributed by atoms with E-state index in [-0.39, 0.29) is 0 Å². The standard InChI is InChI=1S/C16H21N3S/c1-19-11-15(12-7-9-13(17)10-8-12)20-16(19)18-14-5-3-2-4-6-14/h7-11,14H,2-6,17H2,1H3/b18-16-. The largest absolute Gasteiger partial charge is 0.399 e. The van der Waals surface area contributed by atoms with Crippen molar-refractivity contribution in [2.45, 2.75) is 38.1 Å². The van der Waals surface area contributed by atoms with Crippen LogP contribution in [0.25, 0.3) is 10.4 Å². The van der Waals surface area contributed by atoms with Gasteiger partial charge >= 0.3 is 0 Å². The third kappa shape index (κ3) is 2.96. The van der Waals surface area contributed by atoms with Gasteiger partial charge in [0.2, 0.25) is 0 Å². The first kappa shape index (κ1) is 13.4. The third-order valence-corrected chi connectivity index (χ3v) is 5.01. The average molecular weight is 287 g/mol. The number of aryl methyl sites for hydroxylation is 1. The van der Waals surface area contributed by atoms with Gasteiger partial charge in [-0.3, -0.25) is 4.99 Å². The zero-order valence-electron chi connectivity index (χ0n) is 11.9. The fraction of sp³-hybridized carbons (Fsp3) is 0.438. The van der Waals surface area contributed by atoms with Crippen molar-refractivity contribution in [3.05, 3.63) is 35.3 Å². The molecule has 0 bridgehead atoms. The molecule has 0 spiro atoms. The van der Waals surface area contributed by atoms with Crippen LogP contribution in [-0.2, 0) is 7.05 Å². The highest BCUT2D eigenvalue weighted by Gasteiger charge is 2.12. The lowest BCUT2D eigenvalue weighted by Crippen LogP contribution is -2.17. The van der Waals surface area contributed by atoms with Gasteiger partial charge < -0.3 is 10.3 Å². The fourth-order valence-electron chi connectivity index (χ4n) is 2.69. The highest BCUT2D eigenvalue weighted by Crippen LogP contribution is 2.24. The van der Waals surface area contributed by atoms with Crippen LogP contribution in [-0.4, -0.2) is 10.6 Å². The molecule has 4 heteroatoms. The van der Waals surface area contributed by atoms with Gasteiger partial charge in [0.25, 0.3) is 0 Å². The SMILES string of the molecule is Cn1cc(-c2ccc(N)cc2)s/c1=N\C1CCCCC1. The number of thiazole rings is 1. The van der Waals surface area contributed by atoms with Crippen molar-refractivity contribution in [3.63, 3.8) is 0 Å². The smallest absolute Gasteiger partial charge is 0.185 e. The van der Waals surface area contributed by atoms with E-state index >= 15 is 0 Å². The maximum absolute atomic E-state index is 5.74. The number of hydrogen-bond acceptors (Lipinski definition) is 3. The van der Waals surface area contributed by atoms with Crippen LogP contribution in [0.2, 0.25) is 0 Å². The summed E-state index contributed by atoms with van der Waals surface area (Å²) in [7, 11) is 2.08. The second-order valence-electron chi connectivity index (χ2n) is 5.53. The number of nitrogens with zero attached hydrogens (tertiary/aromatic N) is 2. The van der Waals surface area contributed by atoms with Crippen molar-refractivity contribution in [2.24, 2.45) is 12.0 Å². The van der Waals surface area contributed by atoms with E-state index in [2.05, 4.69) is 29.9 Å². The second kappa shape index (κ2) is 5.83. The van der Waals surface area contributed by atoms with Gasteiger partial charge in [0, 0.05) is 18.9 Å². The monoisotopic (exact) mass is 287 g/mol. The van der Waals surface area contributed by atoms with E-state index < -0.39 is 0 Å². The Hall–Kier alpha value is -1.55. The molecule has 1 heterocycles. The molecule has 1 saturated carbocycles. The molecule has 3 nitrogen and oxygen atoms in total. The highest BCUT2D eigenvalue weighted by atomic mass is 32.1. The van der Waals surface area contributed by atoms with E-state index in [1.165, 1.54) is 42.5 Å². The van der Waals surface area contributed by atoms with Gasteiger partial charge in [0.1, 0.15) is 0 Å². The van der Waals surface area contributed by atoms with Crippen LogP contribution < -0.4 is 10.5 Å². The first-order valence-electron chi connectivity index (χ1n) is 7.28. The van der Waals surface area contributed by atoms with Gasteiger partial charge in [0.05, 0.1) is 10.9 Å². The van der Waals surface area contributed by atoms with E-state index in [0.29, 0.717) is 6.04 Å². The molecule has 0 unspecified atom stereocenters. The van der Waals surface area contributed by atoms with Gasteiger partial charge in [-0.1, -0.05) is 42.7 Å². The van der Waals surface area contributed by atoms with Crippen LogP contribution >= 0.6 is 11.3 Å². The number of anilines is 1. The number of aromatic nitrogens is 1. The molecule has 20 heavy (non-hydrogen) atoms. The lowest BCUT2D eigenvalue weighted by atomic mass is 9.96. The molecule has 2 N–H and O–H groups in total. The highest BCUT2D eigenvalue weighted by molar-refractivity contribution is 7.12. The molecule has 0 atom stereocenters. The molecule has 0 radical (unpaired) electrons. The third-order valence-electron chi connectivity index (χ3n) is 3.88. The zero-order chi connectivity index (χ0) is 13.9. The molecule has 0 aliphatic heterocycles. The van der Waals surface area contributed by atoms with Gasteiger partial charge in [-0.15, -0.1) is 0 Å². The Bertz CT molecular complexity index is 630. The van der Waals surface area contributed by atoms with Crippen LogP contribution in [0.3, 0.4) is 0 Å². The normalized spacial score (nSPS) is 17.6. The molecule has 106 valence electrons. The first-order valence-corrected chi connectivity index (χ1v) is 8.10. The number of rotatable bonds is 2. The van der Waals surface area contributed by atoms with E-state index in [0.717, 1.165) is 10.5 Å². The van der Waals surface area contributed by atoms with Crippen molar-refractivity contribution in [1.29, 1.82) is 0 Å². The van der Waals surface area contributed by atoms with Crippen LogP contribution in [0.15, 0.2) is 35.5 Å². The Morgan fingerprint density at radius 3 is 2.55 bits per heavy atom. The van der Waals surface area contributed by atoms with Crippen molar-refractivity contribution < 1.29 is 0 Å². The summed E-state index contributed by atoms with van der Waals surface area (Å²) in [4.78, 5) is 7.32. The summed E-state index contributed by atoms with van der Waals surface area (Å²) >= 11 is 1.77. The molecule has 2 aromatic rings. The Morgan fingerprint density at radius 1 is 1.15 bits per heavy atom. The summed E-state index contributed by atoms with van der Waals surface area (Å²) in [6, 6.07) is 8.57. The Labute approximate surface area is 123 Å². The minimum Gasteiger partial charge on any atom is -0.399 e. The van der Waals surface area contributed by atoms with Crippen molar-refractivity contribution in [3.8, 4) is 10.4 Å². The molecule has 1 aliphatic carbocycles. The molecule has 1 aliphatic rings. The number of nitrogens with two attached hydrogens (primary N) is 1. The van der Waals surface area contributed by atoms with Crippen LogP contribution in [0.1, 0.15) is 32.1 Å². The van der Waals surface area contributed by atoms with E-state index in [4.69, 9.17) is 10.7 Å². The van der Waals surface area contributed by atoms with Crippen LogP contribution in [0, 0.1) is 0 Å². The van der Waals surface area contributed by atoms with E-state index in [1.54, 1.807) is 11.3 Å². The summed E-state index contributed by atoms with van der Waals surface area (Å²) in [5, 5.41) is 0. The molecular formula is C16H21N3S. The molecule has 1 fully saturated rings. The minimum absolute atomic E-state index is 0.521. The van der Waals surface area contributed by atoms with Crippen LogP contribution in [0.4, 0.5) is 5.69 Å². The lowest BCUT2D eigenvalue weighted by Gasteiger charge is -2.16. The Morgan fingerprint density at radius 2 is 1.85 bits per heavy atom. The predicted molar refractivity (Wildman–Crippen MR) is 85.6 cm³/mol. The van der Waals surface area contributed by atoms with Gasteiger partial charge in [0.15, 0.2) is 4.80 Å². The van der Waals surface area contributed by atoms with Gasteiger partial charge in [-0.2, -0.15) is 0 Å². The Kier molecular flexibility index (Phi) is 3.92. The molecule has 0 amide bonds. The number of hydrogen-bond donors (Lipinski definition) is 1. The number of benzene rings is 1. The predicted octanol–water partition coefficient (Wildman–Crippen LogP) is 3.57. The minimum atomic E-state index is 0.521. The fourth-order valence-corrected chi connectivity index (χ4v) is 3.75. The van der Waals surface area contributed by atoms with Crippen molar-refractivity contribution >= 4 is 17.0 Å². The maximum Gasteiger partial charge on any atom is 0.185 e. The van der Waals surface area contributed by atoms with Crippen LogP contribution in [0.5, 0.6) is 0 Å². The maximum atomic E-state index is 5.74. The summed E-state index contributed by atoms with van der Waals surface area (Å²) in [5.74, 6) is 0. The quantitative estimate of drug-likeness (QED) is 0.843. The van der Waals surface area contributed by atoms with Gasteiger partial charge in [-0.05, 0) is 30.5 Å². The molecule has 1 aromatic carbocycles. The summed E-state index contributed by atoms with van der Waals surface area (Å²) in [5.41, 5.74) is 7.76. The Balaban J connectivity index is 1.90. The first-order chi connectivity index (χ1) is 9.72. The topological polar surface area (TPSA) is 43.3 Å².